The van der Waals surface area contributed by atoms with E-state index < -0.39 is 5.92 Å². The number of nitriles is 1. The molecule has 6 heteroatoms. The molecule has 1 unspecified atom stereocenters. The Bertz CT molecular complexity index is 822. The van der Waals surface area contributed by atoms with Gasteiger partial charge in [-0.3, -0.25) is 9.59 Å². The molecule has 2 atom stereocenters. The quantitative estimate of drug-likeness (QED) is 0.470. The second kappa shape index (κ2) is 10.2. The van der Waals surface area contributed by atoms with Crippen molar-refractivity contribution in [3.63, 3.8) is 0 Å². The van der Waals surface area contributed by atoms with Crippen molar-refractivity contribution < 1.29 is 14.3 Å². The predicted octanol–water partition coefficient (Wildman–Crippen LogP) is 4.65. The number of esters is 1. The van der Waals surface area contributed by atoms with Gasteiger partial charge in [0.15, 0.2) is 5.78 Å². The van der Waals surface area contributed by atoms with Gasteiger partial charge in [-0.2, -0.15) is 5.26 Å². The molecule has 0 amide bonds. The molecule has 28 heavy (non-hydrogen) atoms. The van der Waals surface area contributed by atoms with Gasteiger partial charge in [-0.05, 0) is 26.2 Å². The zero-order chi connectivity index (χ0) is 20.7. The minimum absolute atomic E-state index is 0.0174. The van der Waals surface area contributed by atoms with E-state index in [1.54, 1.807) is 26.0 Å². The summed E-state index contributed by atoms with van der Waals surface area (Å²) in [5.74, 6) is -0.696. The number of aliphatic imine (C=N–C) groups is 1. The van der Waals surface area contributed by atoms with Crippen LogP contribution in [0.5, 0.6) is 0 Å². The average Bonchev–Trinajstić information content (AvgIpc) is 2.66. The molecule has 0 fully saturated rings. The zero-order valence-electron chi connectivity index (χ0n) is 16.8. The number of thioether (sulfide) groups is 1. The van der Waals surface area contributed by atoms with Crippen LogP contribution in [0.15, 0.2) is 45.9 Å². The second-order valence-corrected chi connectivity index (χ2v) is 8.09. The van der Waals surface area contributed by atoms with Crippen molar-refractivity contribution >= 4 is 29.2 Å². The fraction of sp³-hybridized carbons (Fsp3) is 0.455. The number of allylic oxidation sites excluding steroid dienone is 1. The van der Waals surface area contributed by atoms with Gasteiger partial charge in [0.2, 0.25) is 0 Å². The highest BCUT2D eigenvalue weighted by Gasteiger charge is 2.39. The van der Waals surface area contributed by atoms with Gasteiger partial charge < -0.3 is 4.74 Å². The first-order chi connectivity index (χ1) is 13.4. The Morgan fingerprint density at radius 2 is 1.96 bits per heavy atom. The van der Waals surface area contributed by atoms with Crippen molar-refractivity contribution in [2.24, 2.45) is 22.7 Å². The minimum Gasteiger partial charge on any atom is -0.465 e. The summed E-state index contributed by atoms with van der Waals surface area (Å²) >= 11 is 1.26. The number of Topliss-reactive ketones (excluding diaryl/α,β-unsaturated/α-hetero) is 1. The van der Waals surface area contributed by atoms with Gasteiger partial charge in [0.25, 0.3) is 0 Å². The van der Waals surface area contributed by atoms with Crippen LogP contribution in [0.3, 0.4) is 0 Å². The molecule has 1 aromatic rings. The zero-order valence-corrected chi connectivity index (χ0v) is 17.6. The van der Waals surface area contributed by atoms with Crippen LogP contribution < -0.4 is 0 Å². The Morgan fingerprint density at radius 1 is 1.29 bits per heavy atom. The Kier molecular flexibility index (Phi) is 8.01. The minimum atomic E-state index is -0.550. The van der Waals surface area contributed by atoms with Gasteiger partial charge in [0.05, 0.1) is 24.0 Å². The summed E-state index contributed by atoms with van der Waals surface area (Å²) < 4.78 is 5.24. The van der Waals surface area contributed by atoms with E-state index >= 15 is 0 Å². The summed E-state index contributed by atoms with van der Waals surface area (Å²) in [4.78, 5) is 29.5. The van der Waals surface area contributed by atoms with Crippen molar-refractivity contribution in [1.29, 1.82) is 5.26 Å². The van der Waals surface area contributed by atoms with E-state index in [-0.39, 0.29) is 30.0 Å². The van der Waals surface area contributed by atoms with Crippen LogP contribution >= 0.6 is 11.8 Å². The Morgan fingerprint density at radius 3 is 2.54 bits per heavy atom. The molecule has 0 aliphatic carbocycles. The number of carbonyl (C=O) groups excluding carboxylic acids is 2. The van der Waals surface area contributed by atoms with Crippen LogP contribution in [0.25, 0.3) is 0 Å². The molecule has 148 valence electrons. The first kappa shape index (κ1) is 21.9. The summed E-state index contributed by atoms with van der Waals surface area (Å²) in [7, 11) is 0. The van der Waals surface area contributed by atoms with E-state index in [4.69, 9.17) is 4.74 Å². The van der Waals surface area contributed by atoms with Crippen molar-refractivity contribution in [2.45, 2.75) is 34.1 Å². The molecule has 0 spiro atoms. The smallest absolute Gasteiger partial charge is 0.315 e. The Hall–Kier alpha value is -2.39. The lowest BCUT2D eigenvalue weighted by Crippen LogP contribution is -2.36. The number of ether oxygens (including phenoxy) is 1. The van der Waals surface area contributed by atoms with Gasteiger partial charge in [0.1, 0.15) is 10.9 Å². The fourth-order valence-corrected chi connectivity index (χ4v) is 4.31. The molecule has 0 saturated heterocycles. The van der Waals surface area contributed by atoms with E-state index in [2.05, 4.69) is 24.9 Å². The van der Waals surface area contributed by atoms with Gasteiger partial charge in [0, 0.05) is 17.2 Å². The van der Waals surface area contributed by atoms with E-state index in [9.17, 15) is 14.9 Å². The van der Waals surface area contributed by atoms with Crippen LogP contribution in [0.4, 0.5) is 0 Å². The molecular formula is C22H26N2O3S. The molecule has 0 bridgehead atoms. The van der Waals surface area contributed by atoms with Crippen molar-refractivity contribution in [3.8, 4) is 6.07 Å². The number of carbonyl (C=O) groups is 2. The summed E-state index contributed by atoms with van der Waals surface area (Å²) in [5, 5.41) is 10.4. The van der Waals surface area contributed by atoms with Crippen molar-refractivity contribution in [1.82, 2.24) is 0 Å². The third-order valence-electron chi connectivity index (χ3n) is 4.55. The predicted molar refractivity (Wildman–Crippen MR) is 112 cm³/mol. The lowest BCUT2D eigenvalue weighted by molar-refractivity contribution is -0.146. The summed E-state index contributed by atoms with van der Waals surface area (Å²) in [6, 6.07) is 11.3. The van der Waals surface area contributed by atoms with Crippen LogP contribution in [0, 0.1) is 29.1 Å². The summed E-state index contributed by atoms with van der Waals surface area (Å²) in [5.41, 5.74) is 1.75. The largest absolute Gasteiger partial charge is 0.465 e. The standard InChI is InChI=1S/C22H26N2O3S/c1-5-27-22(26)20-15(4)24-21(18(12-23)17(20)11-14(2)3)28-13-19(25)16-9-7-6-8-10-16/h6-10,14,17,20H,5,11,13H2,1-4H3/t17-,20?/m0/s1. The second-order valence-electron chi connectivity index (χ2n) is 7.13. The number of hydrogen-bond acceptors (Lipinski definition) is 6. The normalized spacial score (nSPS) is 19.2. The maximum Gasteiger partial charge on any atom is 0.315 e. The molecular weight excluding hydrogens is 372 g/mol. The van der Waals surface area contributed by atoms with Crippen LogP contribution in [0.2, 0.25) is 0 Å². The molecule has 0 aromatic heterocycles. The molecule has 0 N–H and O–H groups in total. The highest BCUT2D eigenvalue weighted by molar-refractivity contribution is 8.03. The lowest BCUT2D eigenvalue weighted by atomic mass is 9.77. The highest BCUT2D eigenvalue weighted by Crippen LogP contribution is 2.39. The molecule has 1 aliphatic rings. The first-order valence-electron chi connectivity index (χ1n) is 9.46. The SMILES string of the molecule is CCOC(=O)C1C(C)=NC(SCC(=O)c2ccccc2)=C(C#N)[C@@H]1CC(C)C. The Balaban J connectivity index is 2.29. The number of ketones is 1. The average molecular weight is 399 g/mol. The van der Waals surface area contributed by atoms with E-state index in [0.29, 0.717) is 34.2 Å². The van der Waals surface area contributed by atoms with Crippen molar-refractivity contribution in [2.75, 3.05) is 12.4 Å². The summed E-state index contributed by atoms with van der Waals surface area (Å²) in [6.45, 7) is 7.97. The third-order valence-corrected chi connectivity index (χ3v) is 5.54. The number of hydrogen-bond donors (Lipinski definition) is 0. The number of benzene rings is 1. The van der Waals surface area contributed by atoms with Crippen LogP contribution in [-0.2, 0) is 9.53 Å². The van der Waals surface area contributed by atoms with E-state index in [1.807, 2.05) is 18.2 Å². The van der Waals surface area contributed by atoms with Crippen LogP contribution in [-0.4, -0.2) is 29.8 Å². The maximum atomic E-state index is 12.5. The lowest BCUT2D eigenvalue weighted by Gasteiger charge is -2.30. The molecule has 1 heterocycles. The molecule has 2 rings (SSSR count). The third kappa shape index (κ3) is 5.32. The molecule has 1 aliphatic heterocycles. The number of rotatable bonds is 8. The van der Waals surface area contributed by atoms with Crippen LogP contribution in [0.1, 0.15) is 44.5 Å². The first-order valence-corrected chi connectivity index (χ1v) is 10.4. The fourth-order valence-electron chi connectivity index (χ4n) is 3.32. The Labute approximate surface area is 170 Å². The molecule has 5 nitrogen and oxygen atoms in total. The van der Waals surface area contributed by atoms with Gasteiger partial charge >= 0.3 is 5.97 Å². The molecule has 0 radical (unpaired) electrons. The van der Waals surface area contributed by atoms with Crippen molar-refractivity contribution in [3.05, 3.63) is 46.5 Å². The topological polar surface area (TPSA) is 79.5 Å². The van der Waals surface area contributed by atoms with E-state index in [1.165, 1.54) is 11.8 Å². The maximum absolute atomic E-state index is 12.5. The molecule has 1 aromatic carbocycles. The van der Waals surface area contributed by atoms with Gasteiger partial charge in [-0.25, -0.2) is 4.99 Å². The molecule has 0 saturated carbocycles. The van der Waals surface area contributed by atoms with Gasteiger partial charge in [-0.1, -0.05) is 55.9 Å². The monoisotopic (exact) mass is 398 g/mol. The number of nitrogens with zero attached hydrogens (tertiary/aromatic N) is 2. The van der Waals surface area contributed by atoms with Gasteiger partial charge in [-0.15, -0.1) is 0 Å². The highest BCUT2D eigenvalue weighted by atomic mass is 32.2. The summed E-state index contributed by atoms with van der Waals surface area (Å²) in [6.07, 6.45) is 0.677. The van der Waals surface area contributed by atoms with E-state index in [0.717, 1.165) is 0 Å².